The van der Waals surface area contributed by atoms with Gasteiger partial charge in [-0.1, -0.05) is 43.5 Å². The van der Waals surface area contributed by atoms with Crippen LogP contribution in [0.2, 0.25) is 5.02 Å². The summed E-state index contributed by atoms with van der Waals surface area (Å²) in [6.07, 6.45) is 5.02. The number of rotatable bonds is 8. The lowest BCUT2D eigenvalue weighted by Crippen LogP contribution is -2.45. The highest BCUT2D eigenvalue weighted by atomic mass is 35.5. The van der Waals surface area contributed by atoms with Gasteiger partial charge in [0.1, 0.15) is 0 Å². The molecule has 1 fully saturated rings. The second-order valence-electron chi connectivity index (χ2n) is 6.12. The van der Waals surface area contributed by atoms with Gasteiger partial charge in [-0.3, -0.25) is 4.79 Å². The fourth-order valence-corrected chi connectivity index (χ4v) is 3.20. The minimum absolute atomic E-state index is 0.0430. The molecule has 1 aromatic carbocycles. The van der Waals surface area contributed by atoms with Gasteiger partial charge in [-0.05, 0) is 42.9 Å². The summed E-state index contributed by atoms with van der Waals surface area (Å²) >= 11 is 5.88. The van der Waals surface area contributed by atoms with Gasteiger partial charge in [0.25, 0.3) is 5.97 Å². The summed E-state index contributed by atoms with van der Waals surface area (Å²) < 4.78 is 4.47. The topological polar surface area (TPSA) is 38.3 Å². The Bertz CT molecular complexity index is 474. The van der Waals surface area contributed by atoms with Gasteiger partial charge in [-0.15, -0.1) is 0 Å². The zero-order chi connectivity index (χ0) is 15.9. The lowest BCUT2D eigenvalue weighted by Gasteiger charge is -2.40. The normalized spacial score (nSPS) is 21.9. The Labute approximate surface area is 139 Å². The van der Waals surface area contributed by atoms with E-state index in [4.69, 9.17) is 19.7 Å². The van der Waals surface area contributed by atoms with Gasteiger partial charge in [0.2, 0.25) is 0 Å². The van der Waals surface area contributed by atoms with Crippen LogP contribution < -0.4 is 5.32 Å². The summed E-state index contributed by atoms with van der Waals surface area (Å²) in [5.74, 6) is 0.0958. The average molecular weight is 320 g/mol. The zero-order valence-electron chi connectivity index (χ0n) is 13.1. The van der Waals surface area contributed by atoms with Gasteiger partial charge in [0, 0.05) is 17.6 Å². The van der Waals surface area contributed by atoms with E-state index >= 15 is 0 Å². The Hall–Kier alpha value is -0.995. The number of hydrogen-bond donors (Lipinski definition) is 1. The van der Waals surface area contributed by atoms with E-state index in [1.54, 1.807) is 0 Å². The molecule has 1 aliphatic carbocycles. The monoisotopic (exact) mass is 319 g/mol. The molecule has 1 saturated carbocycles. The van der Waals surface area contributed by atoms with Gasteiger partial charge in [-0.2, -0.15) is 0 Å². The third kappa shape index (κ3) is 4.75. The first-order valence-electron chi connectivity index (χ1n) is 8.02. The predicted molar refractivity (Wildman–Crippen MR) is 89.7 cm³/mol. The summed E-state index contributed by atoms with van der Waals surface area (Å²) in [6, 6.07) is 8.33. The number of unbranched alkanes of at least 4 members (excludes halogenated alkanes) is 1. The van der Waals surface area contributed by atoms with E-state index in [0.29, 0.717) is 12.0 Å². The van der Waals surface area contributed by atoms with E-state index in [1.807, 2.05) is 24.3 Å². The summed E-state index contributed by atoms with van der Waals surface area (Å²) in [4.78, 5) is 11.8. The third-order valence-electron chi connectivity index (χ3n) is 4.54. The number of carbonyl (C=O) groups excluding carboxylic acids is 1. The average Bonchev–Trinajstić information content (AvgIpc) is 2.49. The maximum atomic E-state index is 11.8. The fourth-order valence-electron chi connectivity index (χ4n) is 3.08. The summed E-state index contributed by atoms with van der Waals surface area (Å²) in [6.45, 7) is 2.96. The van der Waals surface area contributed by atoms with Crippen LogP contribution in [-0.2, 0) is 16.0 Å². The number of benzene rings is 1. The number of halogens is 1. The largest absolute Gasteiger partial charge is 0.543 e. The molecule has 22 heavy (non-hydrogen) atoms. The van der Waals surface area contributed by atoms with E-state index in [0.717, 1.165) is 43.7 Å². The van der Waals surface area contributed by atoms with Crippen LogP contribution in [0.25, 0.3) is 0 Å². The maximum Gasteiger partial charge on any atom is 0.378 e. The van der Waals surface area contributed by atoms with Crippen LogP contribution in [0, 0.1) is 11.8 Å². The summed E-state index contributed by atoms with van der Waals surface area (Å²) in [5, 5.41) is 4.28. The second kappa shape index (κ2) is 8.59. The molecule has 0 spiro atoms. The molecule has 2 rings (SSSR count). The quantitative estimate of drug-likeness (QED) is 0.743. The van der Waals surface area contributed by atoms with Gasteiger partial charge >= 0.3 is 8.05 Å². The van der Waals surface area contributed by atoms with Crippen molar-refractivity contribution in [3.63, 3.8) is 0 Å². The van der Waals surface area contributed by atoms with Crippen LogP contribution in [0.4, 0.5) is 0 Å². The van der Waals surface area contributed by atoms with Crippen molar-refractivity contribution in [3.8, 4) is 0 Å². The molecule has 0 amide bonds. The number of carbonyl (C=O) groups is 1. The molecule has 1 aromatic rings. The van der Waals surface area contributed by atoms with Crippen molar-refractivity contribution < 1.29 is 9.45 Å². The van der Waals surface area contributed by atoms with E-state index in [-0.39, 0.29) is 11.9 Å². The minimum Gasteiger partial charge on any atom is -0.543 e. The SMILES string of the molecule is [B]OC(=O)C(CCCC)C1CC(NCc2ccc(Cl)cc2)C1. The molecular formula is C17H23BClNO2. The standard InChI is InChI=1S/C17H23BClNO2/c1-2-3-4-16(17(21)22-18)13-9-15(10-13)20-11-12-5-7-14(19)8-6-12/h5-8,13,15-16,20H,2-4,9-11H2,1H3. The van der Waals surface area contributed by atoms with Crippen LogP contribution in [0.1, 0.15) is 44.6 Å². The summed E-state index contributed by atoms with van der Waals surface area (Å²) in [5.41, 5.74) is 1.22. The Morgan fingerprint density at radius 3 is 2.68 bits per heavy atom. The molecule has 5 heteroatoms. The molecule has 1 atom stereocenters. The first-order chi connectivity index (χ1) is 10.6. The molecule has 1 unspecified atom stereocenters. The van der Waals surface area contributed by atoms with Crippen LogP contribution in [0.5, 0.6) is 0 Å². The van der Waals surface area contributed by atoms with Gasteiger partial charge in [0.05, 0.1) is 5.92 Å². The van der Waals surface area contributed by atoms with Crippen molar-refractivity contribution in [2.24, 2.45) is 11.8 Å². The highest BCUT2D eigenvalue weighted by Gasteiger charge is 2.38. The molecular weight excluding hydrogens is 296 g/mol. The molecule has 1 N–H and O–H groups in total. The van der Waals surface area contributed by atoms with Crippen molar-refractivity contribution in [3.05, 3.63) is 34.9 Å². The Morgan fingerprint density at radius 1 is 1.41 bits per heavy atom. The molecule has 1 aliphatic rings. The van der Waals surface area contributed by atoms with Crippen LogP contribution in [-0.4, -0.2) is 20.1 Å². The second-order valence-corrected chi connectivity index (χ2v) is 6.56. The molecule has 2 radical (unpaired) electrons. The van der Waals surface area contributed by atoms with E-state index in [2.05, 4.69) is 16.9 Å². The Kier molecular flexibility index (Phi) is 6.78. The zero-order valence-corrected chi connectivity index (χ0v) is 13.8. The highest BCUT2D eigenvalue weighted by molar-refractivity contribution is 6.30. The van der Waals surface area contributed by atoms with Crippen LogP contribution >= 0.6 is 11.6 Å². The number of nitrogens with one attached hydrogen (secondary N) is 1. The Balaban J connectivity index is 1.75. The van der Waals surface area contributed by atoms with Crippen LogP contribution in [0.15, 0.2) is 24.3 Å². The number of hydrogen-bond acceptors (Lipinski definition) is 3. The van der Waals surface area contributed by atoms with Crippen molar-refractivity contribution >= 4 is 25.6 Å². The van der Waals surface area contributed by atoms with Crippen molar-refractivity contribution in [1.29, 1.82) is 0 Å². The molecule has 118 valence electrons. The van der Waals surface area contributed by atoms with Gasteiger partial charge in [0.15, 0.2) is 0 Å². The first kappa shape index (κ1) is 17.4. The molecule has 3 nitrogen and oxygen atoms in total. The fraction of sp³-hybridized carbons (Fsp3) is 0.588. The third-order valence-corrected chi connectivity index (χ3v) is 4.79. The molecule has 0 aromatic heterocycles. The molecule has 0 saturated heterocycles. The minimum atomic E-state index is -0.255. The van der Waals surface area contributed by atoms with Crippen molar-refractivity contribution in [2.75, 3.05) is 0 Å². The molecule has 0 aliphatic heterocycles. The Morgan fingerprint density at radius 2 is 2.09 bits per heavy atom. The smallest absolute Gasteiger partial charge is 0.378 e. The van der Waals surface area contributed by atoms with E-state index < -0.39 is 0 Å². The molecule has 0 heterocycles. The van der Waals surface area contributed by atoms with Crippen LogP contribution in [0.3, 0.4) is 0 Å². The lowest BCUT2D eigenvalue weighted by molar-refractivity contribution is -0.142. The van der Waals surface area contributed by atoms with Gasteiger partial charge in [-0.25, -0.2) is 0 Å². The molecule has 0 bridgehead atoms. The van der Waals surface area contributed by atoms with Crippen molar-refractivity contribution in [1.82, 2.24) is 5.32 Å². The predicted octanol–water partition coefficient (Wildman–Crippen LogP) is 3.64. The van der Waals surface area contributed by atoms with E-state index in [9.17, 15) is 4.79 Å². The lowest BCUT2D eigenvalue weighted by atomic mass is 9.70. The first-order valence-corrected chi connectivity index (χ1v) is 8.40. The highest BCUT2D eigenvalue weighted by Crippen LogP contribution is 2.37. The maximum absolute atomic E-state index is 11.8. The summed E-state index contributed by atoms with van der Waals surface area (Å²) in [7, 11) is 5.07. The van der Waals surface area contributed by atoms with E-state index in [1.165, 1.54) is 5.56 Å². The van der Waals surface area contributed by atoms with Crippen molar-refractivity contribution in [2.45, 2.75) is 51.6 Å². The van der Waals surface area contributed by atoms with Gasteiger partial charge < -0.3 is 9.97 Å².